The predicted octanol–water partition coefficient (Wildman–Crippen LogP) is 15.6. The molecular formula is C62H69BN2. The number of anilines is 6. The zero-order valence-electron chi connectivity index (χ0n) is 41.8. The number of fused-ring (bicyclic) bond motifs is 4. The van der Waals surface area contributed by atoms with Crippen molar-refractivity contribution < 1.29 is 0 Å². The van der Waals surface area contributed by atoms with Crippen LogP contribution in [0.15, 0.2) is 146 Å². The summed E-state index contributed by atoms with van der Waals surface area (Å²) in [5.41, 5.74) is 22.7. The molecule has 0 unspecified atom stereocenters. The molecule has 0 aromatic heterocycles. The minimum Gasteiger partial charge on any atom is -0.311 e. The van der Waals surface area contributed by atoms with Gasteiger partial charge in [0.05, 0.1) is 0 Å². The molecule has 2 aliphatic rings. The van der Waals surface area contributed by atoms with Crippen LogP contribution in [-0.4, -0.2) is 6.71 Å². The smallest absolute Gasteiger partial charge is 0.252 e. The summed E-state index contributed by atoms with van der Waals surface area (Å²) < 4.78 is 0. The zero-order chi connectivity index (χ0) is 46.6. The molecule has 0 saturated heterocycles. The van der Waals surface area contributed by atoms with E-state index in [1.807, 2.05) is 0 Å². The van der Waals surface area contributed by atoms with Crippen LogP contribution in [0.4, 0.5) is 34.1 Å². The fourth-order valence-electron chi connectivity index (χ4n) is 9.81. The van der Waals surface area contributed by atoms with Gasteiger partial charge in [-0.25, -0.2) is 0 Å². The van der Waals surface area contributed by atoms with Gasteiger partial charge in [-0.15, -0.1) is 0 Å². The predicted molar refractivity (Wildman–Crippen MR) is 285 cm³/mol. The van der Waals surface area contributed by atoms with E-state index < -0.39 is 0 Å². The Labute approximate surface area is 391 Å². The summed E-state index contributed by atoms with van der Waals surface area (Å²) in [6, 6.07) is 56.3. The Kier molecular flexibility index (Phi) is 10.5. The van der Waals surface area contributed by atoms with E-state index in [-0.39, 0.29) is 33.8 Å². The number of nitrogens with zero attached hydrogens (tertiary/aromatic N) is 2. The molecule has 330 valence electrons. The summed E-state index contributed by atoms with van der Waals surface area (Å²) in [6.45, 7) is 35.3. The molecule has 0 radical (unpaired) electrons. The number of benzene rings is 7. The molecule has 0 amide bonds. The van der Waals surface area contributed by atoms with E-state index >= 15 is 0 Å². The molecule has 7 aromatic carbocycles. The molecule has 0 N–H and O–H groups in total. The average molecular weight is 853 g/mol. The van der Waals surface area contributed by atoms with Gasteiger partial charge >= 0.3 is 0 Å². The Morgan fingerprint density at radius 3 is 0.908 bits per heavy atom. The number of hydrogen-bond donors (Lipinski definition) is 0. The Balaban J connectivity index is 1.45. The van der Waals surface area contributed by atoms with Crippen LogP contribution >= 0.6 is 0 Å². The van der Waals surface area contributed by atoms with Crippen molar-refractivity contribution in [2.24, 2.45) is 0 Å². The monoisotopic (exact) mass is 853 g/mol. The van der Waals surface area contributed by atoms with Gasteiger partial charge in [0.15, 0.2) is 0 Å². The molecule has 0 saturated carbocycles. The largest absolute Gasteiger partial charge is 0.311 e. The lowest BCUT2D eigenvalue weighted by Crippen LogP contribution is -2.61. The third-order valence-electron chi connectivity index (χ3n) is 14.0. The Morgan fingerprint density at radius 1 is 0.292 bits per heavy atom. The quantitative estimate of drug-likeness (QED) is 0.163. The fourth-order valence-corrected chi connectivity index (χ4v) is 9.81. The van der Waals surface area contributed by atoms with Crippen LogP contribution < -0.4 is 26.2 Å². The van der Waals surface area contributed by atoms with Gasteiger partial charge in [0, 0.05) is 34.1 Å². The molecule has 0 spiro atoms. The first-order valence-electron chi connectivity index (χ1n) is 23.9. The second kappa shape index (κ2) is 15.4. The highest BCUT2D eigenvalue weighted by molar-refractivity contribution is 7.00. The highest BCUT2D eigenvalue weighted by atomic mass is 15.2. The van der Waals surface area contributed by atoms with E-state index in [1.54, 1.807) is 0 Å². The van der Waals surface area contributed by atoms with E-state index in [4.69, 9.17) is 0 Å². The van der Waals surface area contributed by atoms with Crippen LogP contribution in [0.5, 0.6) is 0 Å². The first kappa shape index (κ1) is 44.4. The molecule has 2 aliphatic heterocycles. The van der Waals surface area contributed by atoms with Gasteiger partial charge in [0.2, 0.25) is 0 Å². The molecular weight excluding hydrogens is 784 g/mol. The minimum atomic E-state index is -0.135. The molecule has 0 fully saturated rings. The van der Waals surface area contributed by atoms with Crippen molar-refractivity contribution >= 4 is 57.2 Å². The van der Waals surface area contributed by atoms with E-state index in [2.05, 4.69) is 259 Å². The van der Waals surface area contributed by atoms with Crippen molar-refractivity contribution in [3.05, 3.63) is 173 Å². The van der Waals surface area contributed by atoms with E-state index in [0.29, 0.717) is 0 Å². The second-order valence-electron chi connectivity index (χ2n) is 24.1. The first-order valence-corrected chi connectivity index (χ1v) is 23.9. The minimum absolute atomic E-state index is 0.00179. The van der Waals surface area contributed by atoms with Gasteiger partial charge < -0.3 is 9.80 Å². The SMILES string of the molecule is CC(C)(C)c1cc(N2c3cc(-c4ccccc4)ccc3B3c4ccc(-c5ccccc5)cc4N(c4cc(C(C)(C)C)cc(C(C)(C)C)c4)c4cc(C(C)(C)C)cc2c43)cc(C(C)(C)C)c1. The lowest BCUT2D eigenvalue weighted by molar-refractivity contribution is 0.568. The van der Waals surface area contributed by atoms with Gasteiger partial charge in [-0.3, -0.25) is 0 Å². The zero-order valence-corrected chi connectivity index (χ0v) is 41.8. The molecule has 0 bridgehead atoms. The van der Waals surface area contributed by atoms with Gasteiger partial charge in [-0.2, -0.15) is 0 Å². The molecule has 65 heavy (non-hydrogen) atoms. The molecule has 0 aliphatic carbocycles. The van der Waals surface area contributed by atoms with E-state index in [1.165, 1.54) is 101 Å². The lowest BCUT2D eigenvalue weighted by Gasteiger charge is -2.46. The maximum atomic E-state index is 2.64. The van der Waals surface area contributed by atoms with Crippen LogP contribution in [0, 0.1) is 0 Å². The lowest BCUT2D eigenvalue weighted by atomic mass is 9.33. The Morgan fingerprint density at radius 2 is 0.600 bits per heavy atom. The van der Waals surface area contributed by atoms with Crippen LogP contribution in [0.25, 0.3) is 22.3 Å². The van der Waals surface area contributed by atoms with Crippen molar-refractivity contribution in [1.82, 2.24) is 0 Å². The molecule has 2 heterocycles. The second-order valence-corrected chi connectivity index (χ2v) is 24.1. The third-order valence-corrected chi connectivity index (χ3v) is 14.0. The summed E-state index contributed by atoms with van der Waals surface area (Å²) in [4.78, 5) is 5.29. The van der Waals surface area contributed by atoms with Crippen LogP contribution in [0.2, 0.25) is 0 Å². The van der Waals surface area contributed by atoms with E-state index in [0.717, 1.165) is 0 Å². The summed E-state index contributed by atoms with van der Waals surface area (Å²) in [5.74, 6) is 0. The van der Waals surface area contributed by atoms with Crippen LogP contribution in [0.3, 0.4) is 0 Å². The van der Waals surface area contributed by atoms with Crippen molar-refractivity contribution in [1.29, 1.82) is 0 Å². The normalized spacial score (nSPS) is 14.0. The maximum absolute atomic E-state index is 2.64. The Hall–Kier alpha value is -5.80. The molecule has 3 heteroatoms. The van der Waals surface area contributed by atoms with Crippen molar-refractivity contribution in [2.45, 2.75) is 131 Å². The highest BCUT2D eigenvalue weighted by Gasteiger charge is 2.45. The molecule has 7 aromatic rings. The molecule has 9 rings (SSSR count). The van der Waals surface area contributed by atoms with Gasteiger partial charge in [-0.1, -0.05) is 201 Å². The third kappa shape index (κ3) is 8.15. The summed E-state index contributed by atoms with van der Waals surface area (Å²) >= 11 is 0. The van der Waals surface area contributed by atoms with Gasteiger partial charge in [0.25, 0.3) is 6.71 Å². The maximum Gasteiger partial charge on any atom is 0.252 e. The molecule has 0 atom stereocenters. The van der Waals surface area contributed by atoms with Crippen molar-refractivity contribution in [3.63, 3.8) is 0 Å². The van der Waals surface area contributed by atoms with Crippen molar-refractivity contribution in [2.75, 3.05) is 9.80 Å². The van der Waals surface area contributed by atoms with Crippen LogP contribution in [-0.2, 0) is 27.1 Å². The standard InChI is InChI=1S/C62H69BN2/c1-58(2,3)44-32-45(59(4,5)6)35-49(34-44)64-53-30-42(40-22-18-16-19-23-40)26-28-51(53)63-52-29-27-43(41-24-20-17-21-25-41)31-54(52)65(56-39-48(62(13,14)15)38-55(64)57(56)63)50-36-46(60(7,8)9)33-47(37-50)61(10,11)12/h16-39H,1-15H3. The van der Waals surface area contributed by atoms with E-state index in [9.17, 15) is 0 Å². The first-order chi connectivity index (χ1) is 30.4. The molecule has 2 nitrogen and oxygen atoms in total. The summed E-state index contributed by atoms with van der Waals surface area (Å²) in [5, 5.41) is 0. The van der Waals surface area contributed by atoms with Gasteiger partial charge in [0.1, 0.15) is 0 Å². The average Bonchev–Trinajstić information content (AvgIpc) is 3.24. The number of hydrogen-bond acceptors (Lipinski definition) is 2. The Bertz CT molecular complexity index is 2680. The van der Waals surface area contributed by atoms with Crippen molar-refractivity contribution in [3.8, 4) is 22.3 Å². The van der Waals surface area contributed by atoms with Gasteiger partial charge in [-0.05, 0) is 142 Å². The number of rotatable bonds is 4. The topological polar surface area (TPSA) is 6.48 Å². The highest BCUT2D eigenvalue weighted by Crippen LogP contribution is 2.49. The van der Waals surface area contributed by atoms with Crippen LogP contribution in [0.1, 0.15) is 132 Å². The fraction of sp³-hybridized carbons (Fsp3) is 0.323. The summed E-state index contributed by atoms with van der Waals surface area (Å²) in [6.07, 6.45) is 0. The summed E-state index contributed by atoms with van der Waals surface area (Å²) in [7, 11) is 0.